The molecule has 3 aromatic rings. The number of amides is 1. The Morgan fingerprint density at radius 3 is 2.69 bits per heavy atom. The van der Waals surface area contributed by atoms with Crippen molar-refractivity contribution in [3.05, 3.63) is 71.5 Å². The number of quaternary nitrogens is 1. The molecule has 5 nitrogen and oxygen atoms in total. The van der Waals surface area contributed by atoms with Crippen LogP contribution in [0.5, 0.6) is 0 Å². The summed E-state index contributed by atoms with van der Waals surface area (Å²) < 4.78 is 11.2. The maximum absolute atomic E-state index is 12.9. The van der Waals surface area contributed by atoms with Gasteiger partial charge in [0.2, 0.25) is 5.91 Å². The van der Waals surface area contributed by atoms with Crippen molar-refractivity contribution < 1.29 is 18.8 Å². The number of rotatable bonds is 7. The Morgan fingerprint density at radius 1 is 1.14 bits per heavy atom. The fourth-order valence-electron chi connectivity index (χ4n) is 3.99. The molecule has 5 heteroatoms. The molecule has 1 fully saturated rings. The summed E-state index contributed by atoms with van der Waals surface area (Å²) in [6.07, 6.45) is 3.00. The maximum atomic E-state index is 12.9. The smallest absolute Gasteiger partial charge is 0.225 e. The predicted molar refractivity (Wildman–Crippen MR) is 113 cm³/mol. The second kappa shape index (κ2) is 9.25. The minimum absolute atomic E-state index is 0.0124. The summed E-state index contributed by atoms with van der Waals surface area (Å²) in [5, 5.41) is 4.28. The van der Waals surface area contributed by atoms with Gasteiger partial charge in [0.15, 0.2) is 0 Å². The zero-order valence-electron chi connectivity index (χ0n) is 16.9. The minimum atomic E-state index is -0.0124. The molecule has 2 heterocycles. The average molecular weight is 394 g/mol. The molecule has 0 aliphatic carbocycles. The molecule has 4 rings (SSSR count). The lowest BCUT2D eigenvalue weighted by atomic mass is 10.0. The molecule has 0 spiro atoms. The van der Waals surface area contributed by atoms with Crippen molar-refractivity contribution in [1.29, 1.82) is 0 Å². The molecule has 0 saturated carbocycles. The Balaban J connectivity index is 1.47. The topological polar surface area (TPSA) is 55.9 Å². The third-order valence-electron chi connectivity index (χ3n) is 5.71. The Labute approximate surface area is 171 Å². The van der Waals surface area contributed by atoms with Crippen LogP contribution in [0.25, 0.3) is 11.0 Å². The number of hydrogen-bond acceptors (Lipinski definition) is 3. The number of carbonyl (C=O) groups is 1. The third-order valence-corrected chi connectivity index (χ3v) is 5.71. The van der Waals surface area contributed by atoms with Crippen LogP contribution in [-0.2, 0) is 22.4 Å². The van der Waals surface area contributed by atoms with E-state index in [4.69, 9.17) is 9.15 Å². The molecule has 2 N–H and O–H groups in total. The molecular formula is C24H29N2O3+. The standard InChI is InChI=1S/C24H28N2O3/c1-2-18-8-9-21-20(17-29-23(21)14-18)15-24(27)25-22(19-6-4-3-5-7-19)16-26-10-12-28-13-11-26/h3-9,14,17,22H,2,10-13,15-16H2,1H3,(H,25,27)/p+1/t22-/m1/s1. The van der Waals surface area contributed by atoms with Crippen molar-refractivity contribution in [1.82, 2.24) is 5.32 Å². The summed E-state index contributed by atoms with van der Waals surface area (Å²) in [6.45, 7) is 6.51. The predicted octanol–water partition coefficient (Wildman–Crippen LogP) is 2.31. The highest BCUT2D eigenvalue weighted by molar-refractivity contribution is 5.88. The summed E-state index contributed by atoms with van der Waals surface area (Å²) in [7, 11) is 0. The van der Waals surface area contributed by atoms with Gasteiger partial charge in [-0.3, -0.25) is 4.79 Å². The molecule has 0 radical (unpaired) electrons. The lowest BCUT2D eigenvalue weighted by Crippen LogP contribution is -3.14. The van der Waals surface area contributed by atoms with Gasteiger partial charge >= 0.3 is 0 Å². The number of fused-ring (bicyclic) bond motifs is 1. The van der Waals surface area contributed by atoms with Gasteiger partial charge in [0.25, 0.3) is 0 Å². The van der Waals surface area contributed by atoms with Gasteiger partial charge in [-0.05, 0) is 23.6 Å². The highest BCUT2D eigenvalue weighted by atomic mass is 16.5. The summed E-state index contributed by atoms with van der Waals surface area (Å²) in [4.78, 5) is 14.4. The van der Waals surface area contributed by atoms with Gasteiger partial charge in [0, 0.05) is 10.9 Å². The summed E-state index contributed by atoms with van der Waals surface area (Å²) in [5.41, 5.74) is 4.17. The fourth-order valence-corrected chi connectivity index (χ4v) is 3.99. The number of nitrogens with one attached hydrogen (secondary N) is 2. The van der Waals surface area contributed by atoms with Crippen molar-refractivity contribution in [2.24, 2.45) is 0 Å². The van der Waals surface area contributed by atoms with E-state index in [1.165, 1.54) is 10.5 Å². The van der Waals surface area contributed by atoms with E-state index >= 15 is 0 Å². The van der Waals surface area contributed by atoms with Crippen LogP contribution < -0.4 is 10.2 Å². The lowest BCUT2D eigenvalue weighted by Gasteiger charge is -2.28. The molecule has 1 aliphatic rings. The first-order valence-corrected chi connectivity index (χ1v) is 10.5. The zero-order chi connectivity index (χ0) is 20.1. The first-order valence-electron chi connectivity index (χ1n) is 10.5. The van der Waals surface area contributed by atoms with Crippen LogP contribution in [0.1, 0.15) is 29.7 Å². The van der Waals surface area contributed by atoms with E-state index in [9.17, 15) is 4.79 Å². The van der Waals surface area contributed by atoms with Crippen molar-refractivity contribution in [3.63, 3.8) is 0 Å². The van der Waals surface area contributed by atoms with E-state index in [1.807, 2.05) is 18.2 Å². The molecule has 29 heavy (non-hydrogen) atoms. The van der Waals surface area contributed by atoms with E-state index in [-0.39, 0.29) is 11.9 Å². The van der Waals surface area contributed by atoms with Crippen LogP contribution in [0.4, 0.5) is 0 Å². The van der Waals surface area contributed by atoms with Crippen LogP contribution in [0.2, 0.25) is 0 Å². The molecule has 1 saturated heterocycles. The number of benzene rings is 2. The monoisotopic (exact) mass is 393 g/mol. The molecule has 0 bridgehead atoms. The number of carbonyl (C=O) groups excluding carboxylic acids is 1. The van der Waals surface area contributed by atoms with Gasteiger partial charge in [-0.15, -0.1) is 0 Å². The van der Waals surface area contributed by atoms with Crippen molar-refractivity contribution in [3.8, 4) is 0 Å². The van der Waals surface area contributed by atoms with Crippen LogP contribution in [0, 0.1) is 0 Å². The molecule has 152 valence electrons. The van der Waals surface area contributed by atoms with E-state index in [0.717, 1.165) is 61.4 Å². The number of hydrogen-bond donors (Lipinski definition) is 2. The Bertz CT molecular complexity index is 945. The second-order valence-electron chi connectivity index (χ2n) is 7.72. The van der Waals surface area contributed by atoms with Gasteiger partial charge in [-0.2, -0.15) is 0 Å². The van der Waals surface area contributed by atoms with Gasteiger partial charge in [-0.1, -0.05) is 49.4 Å². The molecular weight excluding hydrogens is 364 g/mol. The van der Waals surface area contributed by atoms with Crippen LogP contribution in [0.15, 0.2) is 59.2 Å². The zero-order valence-corrected chi connectivity index (χ0v) is 16.9. The quantitative estimate of drug-likeness (QED) is 0.648. The number of ether oxygens (including phenoxy) is 1. The SMILES string of the molecule is CCc1ccc2c(CC(=O)N[C@H](C[NH+]3CCOCC3)c3ccccc3)coc2c1. The van der Waals surface area contributed by atoms with Gasteiger partial charge in [0.05, 0.1) is 25.9 Å². The average Bonchev–Trinajstić information content (AvgIpc) is 3.16. The van der Waals surface area contributed by atoms with Gasteiger partial charge < -0.3 is 19.4 Å². The molecule has 1 aromatic heterocycles. The highest BCUT2D eigenvalue weighted by Gasteiger charge is 2.23. The van der Waals surface area contributed by atoms with Crippen LogP contribution in [-0.4, -0.2) is 38.8 Å². The summed E-state index contributed by atoms with van der Waals surface area (Å²) in [5.74, 6) is 0.0220. The number of furan rings is 1. The number of morpholine rings is 1. The highest BCUT2D eigenvalue weighted by Crippen LogP contribution is 2.23. The Morgan fingerprint density at radius 2 is 1.93 bits per heavy atom. The van der Waals surface area contributed by atoms with Gasteiger partial charge in [0.1, 0.15) is 31.3 Å². The van der Waals surface area contributed by atoms with E-state index < -0.39 is 0 Å². The van der Waals surface area contributed by atoms with E-state index in [0.29, 0.717) is 6.42 Å². The van der Waals surface area contributed by atoms with Crippen molar-refractivity contribution in [2.75, 3.05) is 32.8 Å². The van der Waals surface area contributed by atoms with Crippen LogP contribution >= 0.6 is 0 Å². The molecule has 0 unspecified atom stereocenters. The normalized spacial score (nSPS) is 16.0. The van der Waals surface area contributed by atoms with Crippen LogP contribution in [0.3, 0.4) is 0 Å². The Kier molecular flexibility index (Phi) is 6.27. The molecule has 2 aromatic carbocycles. The van der Waals surface area contributed by atoms with Crippen molar-refractivity contribution >= 4 is 16.9 Å². The van der Waals surface area contributed by atoms with Gasteiger partial charge in [-0.25, -0.2) is 0 Å². The van der Waals surface area contributed by atoms with E-state index in [2.05, 4.69) is 42.6 Å². The first-order chi connectivity index (χ1) is 14.2. The lowest BCUT2D eigenvalue weighted by molar-refractivity contribution is -0.909. The maximum Gasteiger partial charge on any atom is 0.225 e. The number of aryl methyl sites for hydroxylation is 1. The largest absolute Gasteiger partial charge is 0.464 e. The Hall–Kier alpha value is -2.63. The summed E-state index contributed by atoms with van der Waals surface area (Å²) in [6, 6.07) is 16.4. The molecule has 1 aliphatic heterocycles. The summed E-state index contributed by atoms with van der Waals surface area (Å²) >= 11 is 0. The third kappa shape index (κ3) is 4.86. The molecule has 1 amide bonds. The fraction of sp³-hybridized carbons (Fsp3) is 0.375. The van der Waals surface area contributed by atoms with Crippen molar-refractivity contribution in [2.45, 2.75) is 25.8 Å². The first kappa shape index (κ1) is 19.7. The second-order valence-corrected chi connectivity index (χ2v) is 7.72. The molecule has 1 atom stereocenters. The minimum Gasteiger partial charge on any atom is -0.464 e. The van der Waals surface area contributed by atoms with E-state index in [1.54, 1.807) is 6.26 Å².